The molecule has 0 fully saturated rings. The van der Waals surface area contributed by atoms with E-state index in [0.29, 0.717) is 27.9 Å². The molecule has 0 aliphatic rings. The van der Waals surface area contributed by atoms with Crippen LogP contribution in [0.4, 0.5) is 0 Å². The van der Waals surface area contributed by atoms with Crippen LogP contribution >= 0.6 is 11.8 Å². The summed E-state index contributed by atoms with van der Waals surface area (Å²) in [5, 5.41) is 7.77. The lowest BCUT2D eigenvalue weighted by Crippen LogP contribution is -2.28. The molecule has 0 saturated heterocycles. The number of benzene rings is 1. The zero-order valence-electron chi connectivity index (χ0n) is 16.7. The smallest absolute Gasteiger partial charge is 0.256 e. The van der Waals surface area contributed by atoms with Gasteiger partial charge in [-0.25, -0.2) is 19.6 Å². The lowest BCUT2D eigenvalue weighted by Gasteiger charge is -2.17. The van der Waals surface area contributed by atoms with Crippen molar-refractivity contribution in [1.29, 1.82) is 0 Å². The first kappa shape index (κ1) is 19.8. The van der Waals surface area contributed by atoms with Gasteiger partial charge < -0.3 is 9.73 Å². The fourth-order valence-electron chi connectivity index (χ4n) is 3.08. The molecule has 4 aromatic rings. The average molecular weight is 420 g/mol. The lowest BCUT2D eigenvalue weighted by atomic mass is 10.1. The molecule has 1 unspecified atom stereocenters. The first-order valence-corrected chi connectivity index (χ1v) is 10.5. The Labute approximate surface area is 177 Å². The second-order valence-electron chi connectivity index (χ2n) is 6.62. The fourth-order valence-corrected chi connectivity index (χ4v) is 3.70. The second kappa shape index (κ2) is 8.50. The summed E-state index contributed by atoms with van der Waals surface area (Å²) in [5.41, 5.74) is 2.96. The van der Waals surface area contributed by atoms with Crippen molar-refractivity contribution < 1.29 is 9.21 Å². The number of thioether (sulfide) groups is 1. The Balaban J connectivity index is 1.54. The lowest BCUT2D eigenvalue weighted by molar-refractivity contribution is 0.0935. The molecule has 0 spiro atoms. The highest BCUT2D eigenvalue weighted by Crippen LogP contribution is 2.26. The van der Waals surface area contributed by atoms with Crippen molar-refractivity contribution >= 4 is 17.7 Å². The van der Waals surface area contributed by atoms with Gasteiger partial charge >= 0.3 is 0 Å². The molecular formula is C21H20N6O2S. The van der Waals surface area contributed by atoms with Crippen LogP contribution in [0.2, 0.25) is 0 Å². The van der Waals surface area contributed by atoms with Gasteiger partial charge in [0.05, 0.1) is 29.2 Å². The normalized spacial score (nSPS) is 12.0. The Morgan fingerprint density at radius 2 is 2.00 bits per heavy atom. The van der Waals surface area contributed by atoms with Crippen LogP contribution in [-0.2, 0) is 0 Å². The monoisotopic (exact) mass is 420 g/mol. The number of furan rings is 1. The van der Waals surface area contributed by atoms with Gasteiger partial charge in [-0.1, -0.05) is 12.1 Å². The molecule has 0 radical (unpaired) electrons. The van der Waals surface area contributed by atoms with E-state index in [1.165, 1.54) is 18.1 Å². The SMILES string of the molecule is CSc1nc(-c2ccco2)nc(C)c1C(=O)NC(C)c1ccc(-n2cncn2)cc1. The number of carbonyl (C=O) groups is 1. The standard InChI is InChI=1S/C21H20N6O2S/c1-13(15-6-8-16(9-7-15)27-12-22-11-23-27)25-20(28)18-14(2)24-19(26-21(18)30-3)17-5-4-10-29-17/h4-13H,1-3H3,(H,25,28). The number of rotatable bonds is 6. The van der Waals surface area contributed by atoms with Gasteiger partial charge in [0.15, 0.2) is 11.6 Å². The predicted octanol–water partition coefficient (Wildman–Crippen LogP) is 3.84. The van der Waals surface area contributed by atoms with Crippen LogP contribution in [0.3, 0.4) is 0 Å². The third-order valence-corrected chi connectivity index (χ3v) is 5.32. The summed E-state index contributed by atoms with van der Waals surface area (Å²) in [5.74, 6) is 0.826. The van der Waals surface area contributed by atoms with Gasteiger partial charge in [0.25, 0.3) is 5.91 Å². The predicted molar refractivity (Wildman–Crippen MR) is 113 cm³/mol. The fraction of sp³-hybridized carbons (Fsp3) is 0.190. The van der Waals surface area contributed by atoms with E-state index in [1.54, 1.807) is 36.3 Å². The van der Waals surface area contributed by atoms with Gasteiger partial charge in [-0.15, -0.1) is 11.8 Å². The Morgan fingerprint density at radius 3 is 2.63 bits per heavy atom. The average Bonchev–Trinajstić information content (AvgIpc) is 3.47. The minimum Gasteiger partial charge on any atom is -0.461 e. The third-order valence-electron chi connectivity index (χ3n) is 4.64. The Kier molecular flexibility index (Phi) is 5.62. The molecule has 30 heavy (non-hydrogen) atoms. The van der Waals surface area contributed by atoms with Crippen LogP contribution in [0.15, 0.2) is 64.8 Å². The van der Waals surface area contributed by atoms with Gasteiger partial charge in [0, 0.05) is 0 Å². The Bertz CT molecular complexity index is 1140. The zero-order chi connectivity index (χ0) is 21.1. The van der Waals surface area contributed by atoms with Crippen molar-refractivity contribution in [2.75, 3.05) is 6.26 Å². The number of hydrogen-bond acceptors (Lipinski definition) is 7. The minimum absolute atomic E-state index is 0.193. The van der Waals surface area contributed by atoms with Crippen molar-refractivity contribution in [3.8, 4) is 17.3 Å². The van der Waals surface area contributed by atoms with E-state index < -0.39 is 0 Å². The van der Waals surface area contributed by atoms with E-state index in [0.717, 1.165) is 11.3 Å². The summed E-state index contributed by atoms with van der Waals surface area (Å²) in [6, 6.07) is 11.2. The Morgan fingerprint density at radius 1 is 1.20 bits per heavy atom. The van der Waals surface area contributed by atoms with Crippen molar-refractivity contribution in [2.45, 2.75) is 24.9 Å². The maximum Gasteiger partial charge on any atom is 0.256 e. The molecule has 0 bridgehead atoms. The summed E-state index contributed by atoms with van der Waals surface area (Å²) in [6.45, 7) is 3.74. The van der Waals surface area contributed by atoms with Crippen LogP contribution in [0.25, 0.3) is 17.3 Å². The van der Waals surface area contributed by atoms with Gasteiger partial charge in [0.1, 0.15) is 17.7 Å². The molecule has 4 rings (SSSR count). The molecule has 3 heterocycles. The molecule has 1 aromatic carbocycles. The second-order valence-corrected chi connectivity index (χ2v) is 7.42. The van der Waals surface area contributed by atoms with E-state index in [1.807, 2.05) is 37.4 Å². The summed E-state index contributed by atoms with van der Waals surface area (Å²) >= 11 is 1.40. The van der Waals surface area contributed by atoms with Crippen LogP contribution in [0.1, 0.15) is 34.6 Å². The van der Waals surface area contributed by atoms with Gasteiger partial charge in [-0.2, -0.15) is 5.10 Å². The number of amides is 1. The van der Waals surface area contributed by atoms with Crippen LogP contribution in [0, 0.1) is 6.92 Å². The topological polar surface area (TPSA) is 98.7 Å². The van der Waals surface area contributed by atoms with Gasteiger partial charge in [-0.3, -0.25) is 4.79 Å². The summed E-state index contributed by atoms with van der Waals surface area (Å²) in [7, 11) is 0. The number of nitrogens with zero attached hydrogens (tertiary/aromatic N) is 5. The molecule has 8 nitrogen and oxygen atoms in total. The summed E-state index contributed by atoms with van der Waals surface area (Å²) in [6.07, 6.45) is 6.58. The first-order chi connectivity index (χ1) is 14.6. The first-order valence-electron chi connectivity index (χ1n) is 9.29. The van der Waals surface area contributed by atoms with E-state index in [-0.39, 0.29) is 11.9 Å². The minimum atomic E-state index is -0.212. The highest BCUT2D eigenvalue weighted by atomic mass is 32.2. The molecule has 3 aromatic heterocycles. The highest BCUT2D eigenvalue weighted by molar-refractivity contribution is 7.98. The molecule has 9 heteroatoms. The number of nitrogens with one attached hydrogen (secondary N) is 1. The van der Waals surface area contributed by atoms with Crippen LogP contribution < -0.4 is 5.32 Å². The Hall–Kier alpha value is -3.46. The quantitative estimate of drug-likeness (QED) is 0.374. The number of aromatic nitrogens is 5. The number of aryl methyl sites for hydroxylation is 1. The van der Waals surface area contributed by atoms with Gasteiger partial charge in [-0.05, 0) is 49.9 Å². The summed E-state index contributed by atoms with van der Waals surface area (Å²) in [4.78, 5) is 26.0. The number of hydrogen-bond donors (Lipinski definition) is 1. The van der Waals surface area contributed by atoms with Crippen LogP contribution in [0.5, 0.6) is 0 Å². The van der Waals surface area contributed by atoms with Gasteiger partial charge in [0.2, 0.25) is 0 Å². The zero-order valence-corrected chi connectivity index (χ0v) is 17.6. The molecule has 152 valence electrons. The van der Waals surface area contributed by atoms with Crippen molar-refractivity contribution in [2.24, 2.45) is 0 Å². The van der Waals surface area contributed by atoms with E-state index in [4.69, 9.17) is 4.42 Å². The molecule has 0 aliphatic heterocycles. The number of carbonyl (C=O) groups excluding carboxylic acids is 1. The molecule has 1 amide bonds. The maximum absolute atomic E-state index is 13.0. The third kappa shape index (κ3) is 3.97. The van der Waals surface area contributed by atoms with Crippen molar-refractivity contribution in [3.05, 3.63) is 72.1 Å². The molecular weight excluding hydrogens is 400 g/mol. The summed E-state index contributed by atoms with van der Waals surface area (Å²) < 4.78 is 7.07. The maximum atomic E-state index is 13.0. The molecule has 1 atom stereocenters. The van der Waals surface area contributed by atoms with Crippen LogP contribution in [-0.4, -0.2) is 36.9 Å². The van der Waals surface area contributed by atoms with E-state index in [9.17, 15) is 4.79 Å². The van der Waals surface area contributed by atoms with E-state index in [2.05, 4.69) is 25.4 Å². The van der Waals surface area contributed by atoms with E-state index >= 15 is 0 Å². The highest BCUT2D eigenvalue weighted by Gasteiger charge is 2.21. The van der Waals surface area contributed by atoms with Crippen molar-refractivity contribution in [1.82, 2.24) is 30.0 Å². The largest absolute Gasteiger partial charge is 0.461 e. The molecule has 0 aliphatic carbocycles. The molecule has 0 saturated carbocycles. The molecule has 1 N–H and O–H groups in total. The van der Waals surface area contributed by atoms with Crippen molar-refractivity contribution in [3.63, 3.8) is 0 Å².